The summed E-state index contributed by atoms with van der Waals surface area (Å²) < 4.78 is 5.32. The van der Waals surface area contributed by atoms with Gasteiger partial charge in [-0.25, -0.2) is 4.99 Å². The van der Waals surface area contributed by atoms with E-state index in [1.165, 1.54) is 31.2 Å². The molecule has 1 aliphatic carbocycles. The first-order valence-electron chi connectivity index (χ1n) is 9.11. The van der Waals surface area contributed by atoms with E-state index in [0.29, 0.717) is 12.0 Å². The molecule has 0 atom stereocenters. The van der Waals surface area contributed by atoms with Gasteiger partial charge >= 0.3 is 0 Å². The normalized spacial score (nSPS) is 17.0. The van der Waals surface area contributed by atoms with Gasteiger partial charge in [-0.2, -0.15) is 0 Å². The van der Waals surface area contributed by atoms with Crippen LogP contribution >= 0.6 is 0 Å². The fraction of sp³-hybridized carbons (Fsp3) is 0.684. The van der Waals surface area contributed by atoms with Crippen molar-refractivity contribution in [3.63, 3.8) is 0 Å². The minimum absolute atomic E-state index is 0.354. The molecule has 0 aromatic carbocycles. The van der Waals surface area contributed by atoms with Gasteiger partial charge in [0, 0.05) is 33.0 Å². The van der Waals surface area contributed by atoms with Crippen molar-refractivity contribution < 1.29 is 4.74 Å². The molecule has 134 valence electrons. The number of aromatic nitrogens is 1. The van der Waals surface area contributed by atoms with Gasteiger partial charge < -0.3 is 15.4 Å². The lowest BCUT2D eigenvalue weighted by atomic mass is 9.83. The summed E-state index contributed by atoms with van der Waals surface area (Å²) in [5.41, 5.74) is 2.57. The molecule has 1 aromatic rings. The van der Waals surface area contributed by atoms with Gasteiger partial charge in [0.1, 0.15) is 0 Å². The van der Waals surface area contributed by atoms with Crippen molar-refractivity contribution in [2.45, 2.75) is 52.5 Å². The highest BCUT2D eigenvalue weighted by molar-refractivity contribution is 5.79. The van der Waals surface area contributed by atoms with Gasteiger partial charge in [-0.3, -0.25) is 4.98 Å². The Balaban J connectivity index is 1.96. The SMILES string of the molecule is CCNC(=NCc1ncccc1C)NCC1(CCOC)CCCC1. The highest BCUT2D eigenvalue weighted by Gasteiger charge is 2.33. The van der Waals surface area contributed by atoms with Crippen LogP contribution in [0.15, 0.2) is 23.3 Å². The van der Waals surface area contributed by atoms with E-state index < -0.39 is 0 Å². The Morgan fingerprint density at radius 3 is 2.79 bits per heavy atom. The molecule has 0 amide bonds. The number of ether oxygens (including phenoxy) is 1. The molecule has 1 saturated carbocycles. The lowest BCUT2D eigenvalue weighted by Gasteiger charge is -2.30. The second-order valence-electron chi connectivity index (χ2n) is 6.77. The molecule has 5 heteroatoms. The van der Waals surface area contributed by atoms with Crippen molar-refractivity contribution in [2.75, 3.05) is 26.8 Å². The van der Waals surface area contributed by atoms with Gasteiger partial charge in [0.2, 0.25) is 0 Å². The summed E-state index contributed by atoms with van der Waals surface area (Å²) in [5.74, 6) is 0.881. The standard InChI is InChI=1S/C19H32N4O/c1-4-20-18(22-14-17-16(2)8-7-12-21-17)23-15-19(11-13-24-3)9-5-6-10-19/h7-8,12H,4-6,9-11,13-15H2,1-3H3,(H2,20,22,23). The molecular weight excluding hydrogens is 300 g/mol. The number of aliphatic imine (C=N–C) groups is 1. The zero-order valence-corrected chi connectivity index (χ0v) is 15.4. The summed E-state index contributed by atoms with van der Waals surface area (Å²) in [7, 11) is 1.79. The molecule has 0 unspecified atom stereocenters. The number of guanidine groups is 1. The second kappa shape index (κ2) is 9.62. The number of methoxy groups -OCH3 is 1. The number of hydrogen-bond donors (Lipinski definition) is 2. The molecule has 24 heavy (non-hydrogen) atoms. The van der Waals surface area contributed by atoms with Crippen molar-refractivity contribution in [1.82, 2.24) is 15.6 Å². The van der Waals surface area contributed by atoms with E-state index >= 15 is 0 Å². The van der Waals surface area contributed by atoms with Crippen LogP contribution in [-0.2, 0) is 11.3 Å². The Kier molecular flexibility index (Phi) is 7.50. The molecule has 2 N–H and O–H groups in total. The number of hydrogen-bond acceptors (Lipinski definition) is 3. The van der Waals surface area contributed by atoms with Crippen molar-refractivity contribution in [3.05, 3.63) is 29.6 Å². The lowest BCUT2D eigenvalue weighted by molar-refractivity contribution is 0.138. The molecule has 1 aromatic heterocycles. The topological polar surface area (TPSA) is 58.5 Å². The van der Waals surface area contributed by atoms with E-state index in [9.17, 15) is 0 Å². The number of nitrogens with one attached hydrogen (secondary N) is 2. The maximum Gasteiger partial charge on any atom is 0.191 e. The molecular formula is C19H32N4O. The van der Waals surface area contributed by atoms with E-state index in [0.717, 1.165) is 37.8 Å². The van der Waals surface area contributed by atoms with Crippen LogP contribution in [0.2, 0.25) is 0 Å². The summed E-state index contributed by atoms with van der Waals surface area (Å²) in [5, 5.41) is 6.91. The third kappa shape index (κ3) is 5.48. The van der Waals surface area contributed by atoms with Crippen LogP contribution in [-0.4, -0.2) is 37.7 Å². The minimum Gasteiger partial charge on any atom is -0.385 e. The monoisotopic (exact) mass is 332 g/mol. The zero-order chi connectivity index (χ0) is 17.3. The second-order valence-corrected chi connectivity index (χ2v) is 6.77. The molecule has 5 nitrogen and oxygen atoms in total. The summed E-state index contributed by atoms with van der Waals surface area (Å²) in [6.07, 6.45) is 8.16. The highest BCUT2D eigenvalue weighted by Crippen LogP contribution is 2.40. The molecule has 1 heterocycles. The number of pyridine rings is 1. The van der Waals surface area contributed by atoms with Crippen molar-refractivity contribution in [1.29, 1.82) is 0 Å². The highest BCUT2D eigenvalue weighted by atomic mass is 16.5. The number of rotatable bonds is 8. The van der Waals surface area contributed by atoms with Crippen LogP contribution in [0.5, 0.6) is 0 Å². The maximum atomic E-state index is 5.32. The van der Waals surface area contributed by atoms with Gasteiger partial charge in [0.05, 0.1) is 12.2 Å². The predicted octanol–water partition coefficient (Wildman–Crippen LogP) is 3.04. The van der Waals surface area contributed by atoms with E-state index in [4.69, 9.17) is 9.73 Å². The van der Waals surface area contributed by atoms with Crippen molar-refractivity contribution in [2.24, 2.45) is 10.4 Å². The van der Waals surface area contributed by atoms with Crippen LogP contribution in [0.1, 0.15) is 50.3 Å². The fourth-order valence-corrected chi connectivity index (χ4v) is 3.41. The quantitative estimate of drug-likeness (QED) is 0.567. The van der Waals surface area contributed by atoms with Gasteiger partial charge in [0.25, 0.3) is 0 Å². The Hall–Kier alpha value is -1.62. The van der Waals surface area contributed by atoms with Crippen molar-refractivity contribution >= 4 is 5.96 Å². The molecule has 0 radical (unpaired) electrons. The van der Waals surface area contributed by atoms with Crippen molar-refractivity contribution in [3.8, 4) is 0 Å². The predicted molar refractivity (Wildman–Crippen MR) is 99.2 cm³/mol. The Morgan fingerprint density at radius 1 is 1.33 bits per heavy atom. The maximum absolute atomic E-state index is 5.32. The van der Waals surface area contributed by atoms with E-state index in [-0.39, 0.29) is 0 Å². The van der Waals surface area contributed by atoms with Gasteiger partial charge in [0.15, 0.2) is 5.96 Å². The van der Waals surface area contributed by atoms with E-state index in [1.807, 2.05) is 12.3 Å². The first-order chi connectivity index (χ1) is 11.7. The fourth-order valence-electron chi connectivity index (χ4n) is 3.41. The van der Waals surface area contributed by atoms with Crippen LogP contribution < -0.4 is 10.6 Å². The first kappa shape index (κ1) is 18.7. The number of nitrogens with zero attached hydrogens (tertiary/aromatic N) is 2. The molecule has 0 bridgehead atoms. The average molecular weight is 332 g/mol. The summed E-state index contributed by atoms with van der Waals surface area (Å²) in [4.78, 5) is 9.14. The minimum atomic E-state index is 0.354. The molecule has 0 aliphatic heterocycles. The first-order valence-corrected chi connectivity index (χ1v) is 9.11. The summed E-state index contributed by atoms with van der Waals surface area (Å²) >= 11 is 0. The van der Waals surface area contributed by atoms with Crippen LogP contribution in [0.25, 0.3) is 0 Å². The van der Waals surface area contributed by atoms with Gasteiger partial charge in [-0.05, 0) is 50.2 Å². The largest absolute Gasteiger partial charge is 0.385 e. The lowest BCUT2D eigenvalue weighted by Crippen LogP contribution is -2.43. The number of aryl methyl sites for hydroxylation is 1. The third-order valence-corrected chi connectivity index (χ3v) is 4.98. The molecule has 2 rings (SSSR count). The van der Waals surface area contributed by atoms with Crippen LogP contribution in [0.4, 0.5) is 0 Å². The molecule has 1 aliphatic rings. The van der Waals surface area contributed by atoms with Crippen LogP contribution in [0, 0.1) is 12.3 Å². The molecule has 0 spiro atoms. The Labute approximate surface area is 146 Å². The summed E-state index contributed by atoms with van der Waals surface area (Å²) in [6.45, 7) is 7.44. The average Bonchev–Trinajstić information content (AvgIpc) is 3.06. The van der Waals surface area contributed by atoms with E-state index in [2.05, 4.69) is 35.5 Å². The molecule has 0 saturated heterocycles. The zero-order valence-electron chi connectivity index (χ0n) is 15.4. The van der Waals surface area contributed by atoms with Crippen LogP contribution in [0.3, 0.4) is 0 Å². The van der Waals surface area contributed by atoms with Gasteiger partial charge in [-0.15, -0.1) is 0 Å². The third-order valence-electron chi connectivity index (χ3n) is 4.98. The van der Waals surface area contributed by atoms with E-state index in [1.54, 1.807) is 7.11 Å². The summed E-state index contributed by atoms with van der Waals surface area (Å²) in [6, 6.07) is 4.04. The van der Waals surface area contributed by atoms with Gasteiger partial charge in [-0.1, -0.05) is 18.9 Å². The smallest absolute Gasteiger partial charge is 0.191 e. The molecule has 1 fully saturated rings. The Morgan fingerprint density at radius 2 is 2.12 bits per heavy atom. The Bertz CT molecular complexity index is 524.